The second-order valence-electron chi connectivity index (χ2n) is 6.27. The molecule has 2 aromatic heterocycles. The van der Waals surface area contributed by atoms with Crippen molar-refractivity contribution in [1.82, 2.24) is 14.5 Å². The van der Waals surface area contributed by atoms with Gasteiger partial charge in [-0.3, -0.25) is 14.3 Å². The molecule has 3 heterocycles. The van der Waals surface area contributed by atoms with E-state index in [0.29, 0.717) is 18.2 Å². The van der Waals surface area contributed by atoms with Crippen molar-refractivity contribution in [2.24, 2.45) is 13.0 Å². The lowest BCUT2D eigenvalue weighted by molar-refractivity contribution is 0.0256. The van der Waals surface area contributed by atoms with Gasteiger partial charge in [-0.05, 0) is 30.9 Å². The maximum atomic E-state index is 12.4. The molecule has 0 aromatic carbocycles. The van der Waals surface area contributed by atoms with Crippen molar-refractivity contribution in [3.05, 3.63) is 40.9 Å². The number of nitrogens with zero attached hydrogens (tertiary/aromatic N) is 4. The van der Waals surface area contributed by atoms with Gasteiger partial charge in [0.2, 0.25) is 5.95 Å². The van der Waals surface area contributed by atoms with E-state index in [1.807, 2.05) is 12.1 Å². The Morgan fingerprint density at radius 1 is 1.26 bits per heavy atom. The SMILES string of the molecule is Cn1c(N2CCOC(C3CC3)C2)nc(-c2ccncc2)cc1=O. The molecule has 120 valence electrons. The summed E-state index contributed by atoms with van der Waals surface area (Å²) in [6, 6.07) is 5.33. The highest BCUT2D eigenvalue weighted by molar-refractivity contribution is 5.59. The largest absolute Gasteiger partial charge is 0.374 e. The van der Waals surface area contributed by atoms with Gasteiger partial charge in [0.1, 0.15) is 0 Å². The fourth-order valence-corrected chi connectivity index (χ4v) is 3.09. The van der Waals surface area contributed by atoms with Crippen molar-refractivity contribution in [3.8, 4) is 11.3 Å². The zero-order chi connectivity index (χ0) is 15.8. The van der Waals surface area contributed by atoms with Gasteiger partial charge in [-0.1, -0.05) is 0 Å². The molecule has 0 spiro atoms. The minimum absolute atomic E-state index is 0.0451. The topological polar surface area (TPSA) is 60.2 Å². The molecule has 2 aromatic rings. The van der Waals surface area contributed by atoms with Crippen LogP contribution in [0.3, 0.4) is 0 Å². The van der Waals surface area contributed by atoms with Crippen LogP contribution in [0.2, 0.25) is 0 Å². The zero-order valence-electron chi connectivity index (χ0n) is 13.2. The third kappa shape index (κ3) is 2.86. The van der Waals surface area contributed by atoms with Gasteiger partial charge in [0.05, 0.1) is 18.4 Å². The molecule has 2 fully saturated rings. The number of ether oxygens (including phenoxy) is 1. The van der Waals surface area contributed by atoms with Gasteiger partial charge in [0, 0.05) is 44.2 Å². The Morgan fingerprint density at radius 3 is 2.78 bits per heavy atom. The van der Waals surface area contributed by atoms with Gasteiger partial charge >= 0.3 is 0 Å². The molecular formula is C17H20N4O2. The summed E-state index contributed by atoms with van der Waals surface area (Å²) >= 11 is 0. The van der Waals surface area contributed by atoms with Crippen LogP contribution in [0, 0.1) is 5.92 Å². The van der Waals surface area contributed by atoms with E-state index in [1.165, 1.54) is 12.8 Å². The number of anilines is 1. The van der Waals surface area contributed by atoms with E-state index >= 15 is 0 Å². The van der Waals surface area contributed by atoms with E-state index in [9.17, 15) is 4.79 Å². The molecule has 1 saturated carbocycles. The first kappa shape index (κ1) is 14.4. The van der Waals surface area contributed by atoms with Crippen LogP contribution in [0.5, 0.6) is 0 Å². The Hall–Kier alpha value is -2.21. The monoisotopic (exact) mass is 312 g/mol. The molecule has 0 amide bonds. The molecule has 1 saturated heterocycles. The number of morpholine rings is 1. The van der Waals surface area contributed by atoms with Crippen LogP contribution >= 0.6 is 0 Å². The molecule has 23 heavy (non-hydrogen) atoms. The summed E-state index contributed by atoms with van der Waals surface area (Å²) in [4.78, 5) is 23.3. The molecule has 1 aliphatic carbocycles. The highest BCUT2D eigenvalue weighted by Crippen LogP contribution is 2.36. The fourth-order valence-electron chi connectivity index (χ4n) is 3.09. The van der Waals surface area contributed by atoms with Crippen molar-refractivity contribution in [1.29, 1.82) is 0 Å². The summed E-state index contributed by atoms with van der Waals surface area (Å²) in [5, 5.41) is 0. The Morgan fingerprint density at radius 2 is 2.04 bits per heavy atom. The van der Waals surface area contributed by atoms with Gasteiger partial charge in [-0.2, -0.15) is 0 Å². The molecule has 6 heteroatoms. The minimum Gasteiger partial charge on any atom is -0.374 e. The van der Waals surface area contributed by atoms with Crippen LogP contribution in [0.1, 0.15) is 12.8 Å². The maximum absolute atomic E-state index is 12.4. The molecule has 6 nitrogen and oxygen atoms in total. The number of rotatable bonds is 3. The molecule has 0 N–H and O–H groups in total. The summed E-state index contributed by atoms with van der Waals surface area (Å²) in [6.45, 7) is 2.27. The normalized spacial score (nSPS) is 21.4. The standard InChI is InChI=1S/C17H20N4O2/c1-20-16(22)10-14(12-4-6-18-7-5-12)19-17(20)21-8-9-23-15(11-21)13-2-3-13/h4-7,10,13,15H,2-3,8-9,11H2,1H3. The predicted octanol–water partition coefficient (Wildman–Crippen LogP) is 1.46. The predicted molar refractivity (Wildman–Crippen MR) is 87.4 cm³/mol. The number of hydrogen-bond donors (Lipinski definition) is 0. The third-order valence-electron chi connectivity index (χ3n) is 4.61. The molecule has 2 aliphatic rings. The number of hydrogen-bond acceptors (Lipinski definition) is 5. The zero-order valence-corrected chi connectivity index (χ0v) is 13.2. The minimum atomic E-state index is -0.0451. The fraction of sp³-hybridized carbons (Fsp3) is 0.471. The van der Waals surface area contributed by atoms with Crippen molar-refractivity contribution < 1.29 is 4.74 Å². The average Bonchev–Trinajstić information content (AvgIpc) is 3.43. The van der Waals surface area contributed by atoms with E-state index in [0.717, 1.165) is 24.6 Å². The van der Waals surface area contributed by atoms with Crippen molar-refractivity contribution >= 4 is 5.95 Å². The van der Waals surface area contributed by atoms with Crippen LogP contribution in [0.25, 0.3) is 11.3 Å². The molecule has 1 atom stereocenters. The number of aromatic nitrogens is 3. The van der Waals surface area contributed by atoms with Crippen LogP contribution in [-0.4, -0.2) is 40.3 Å². The Kier molecular flexibility index (Phi) is 3.61. The summed E-state index contributed by atoms with van der Waals surface area (Å²) in [6.07, 6.45) is 6.20. The molecular weight excluding hydrogens is 292 g/mol. The van der Waals surface area contributed by atoms with Gasteiger partial charge < -0.3 is 9.64 Å². The van der Waals surface area contributed by atoms with Crippen molar-refractivity contribution in [2.45, 2.75) is 18.9 Å². The van der Waals surface area contributed by atoms with Crippen molar-refractivity contribution in [2.75, 3.05) is 24.6 Å². The van der Waals surface area contributed by atoms with E-state index in [2.05, 4.69) is 9.88 Å². The lowest BCUT2D eigenvalue weighted by Crippen LogP contribution is -2.45. The van der Waals surface area contributed by atoms with Crippen LogP contribution in [0.15, 0.2) is 35.4 Å². The highest BCUT2D eigenvalue weighted by Gasteiger charge is 2.36. The first-order chi connectivity index (χ1) is 11.2. The van der Waals surface area contributed by atoms with E-state index in [1.54, 1.807) is 30.1 Å². The quantitative estimate of drug-likeness (QED) is 0.858. The van der Waals surface area contributed by atoms with E-state index in [4.69, 9.17) is 9.72 Å². The van der Waals surface area contributed by atoms with Crippen LogP contribution in [-0.2, 0) is 11.8 Å². The van der Waals surface area contributed by atoms with E-state index in [-0.39, 0.29) is 11.7 Å². The second kappa shape index (κ2) is 5.77. The Labute approximate surface area is 134 Å². The molecule has 1 aliphatic heterocycles. The lowest BCUT2D eigenvalue weighted by atomic mass is 10.2. The summed E-state index contributed by atoms with van der Waals surface area (Å²) in [5.74, 6) is 1.40. The molecule has 0 radical (unpaired) electrons. The van der Waals surface area contributed by atoms with Crippen LogP contribution < -0.4 is 10.5 Å². The second-order valence-corrected chi connectivity index (χ2v) is 6.27. The van der Waals surface area contributed by atoms with Gasteiger partial charge in [-0.15, -0.1) is 0 Å². The smallest absolute Gasteiger partial charge is 0.255 e. The van der Waals surface area contributed by atoms with E-state index < -0.39 is 0 Å². The van der Waals surface area contributed by atoms with Gasteiger partial charge in [0.15, 0.2) is 0 Å². The van der Waals surface area contributed by atoms with Crippen molar-refractivity contribution in [3.63, 3.8) is 0 Å². The van der Waals surface area contributed by atoms with Crippen LogP contribution in [0.4, 0.5) is 5.95 Å². The number of pyridine rings is 1. The first-order valence-corrected chi connectivity index (χ1v) is 8.07. The Bertz CT molecular complexity index is 755. The average molecular weight is 312 g/mol. The first-order valence-electron chi connectivity index (χ1n) is 8.07. The summed E-state index contributed by atoms with van der Waals surface area (Å²) in [7, 11) is 1.78. The maximum Gasteiger partial charge on any atom is 0.255 e. The highest BCUT2D eigenvalue weighted by atomic mass is 16.5. The van der Waals surface area contributed by atoms with Gasteiger partial charge in [0.25, 0.3) is 5.56 Å². The third-order valence-corrected chi connectivity index (χ3v) is 4.61. The summed E-state index contributed by atoms with van der Waals surface area (Å²) in [5.41, 5.74) is 1.56. The summed E-state index contributed by atoms with van der Waals surface area (Å²) < 4.78 is 7.50. The molecule has 0 bridgehead atoms. The Balaban J connectivity index is 1.69. The van der Waals surface area contributed by atoms with Gasteiger partial charge in [-0.25, -0.2) is 4.98 Å². The lowest BCUT2D eigenvalue weighted by Gasteiger charge is -2.34. The molecule has 1 unspecified atom stereocenters. The molecule has 4 rings (SSSR count).